The Labute approximate surface area is 245 Å². The molecule has 0 bridgehead atoms. The van der Waals surface area contributed by atoms with E-state index in [2.05, 4.69) is 64.9 Å². The van der Waals surface area contributed by atoms with Gasteiger partial charge in [-0.3, -0.25) is 9.59 Å². The van der Waals surface area contributed by atoms with Gasteiger partial charge in [0.25, 0.3) is 0 Å². The van der Waals surface area contributed by atoms with Gasteiger partial charge in [0.15, 0.2) is 11.6 Å². The third-order valence-electron chi connectivity index (χ3n) is 7.69. The van der Waals surface area contributed by atoms with Gasteiger partial charge in [-0.25, -0.2) is 4.79 Å². The number of Topliss-reactive ketones (excluding diaryl/α,β-unsaturated/α-hetero) is 2. The predicted molar refractivity (Wildman–Crippen MR) is 156 cm³/mol. The minimum atomic E-state index is -0.990. The molecule has 0 atom stereocenters. The number of aromatic carboxylic acids is 1. The second kappa shape index (κ2) is 10.0. The van der Waals surface area contributed by atoms with Crippen molar-refractivity contribution < 1.29 is 24.2 Å². The molecule has 2 N–H and O–H groups in total. The number of halogens is 2. The molecule has 0 amide bonds. The van der Waals surface area contributed by atoms with E-state index in [4.69, 9.17) is 4.74 Å². The number of allylic oxidation sites excluding steroid dienone is 4. The fourth-order valence-electron chi connectivity index (χ4n) is 5.99. The largest absolute Gasteiger partial charge is 0.488 e. The van der Waals surface area contributed by atoms with Crippen molar-refractivity contribution in [2.24, 2.45) is 10.8 Å². The number of ketones is 2. The number of nitrogens with one attached hydrogen (secondary N) is 1. The molecule has 1 heterocycles. The first-order valence-electron chi connectivity index (χ1n) is 13.0. The number of dihydropyridines is 1. The highest BCUT2D eigenvalue weighted by atomic mass is 79.9. The molecule has 0 saturated carbocycles. The minimum Gasteiger partial charge on any atom is -0.488 e. The number of carbonyl (C=O) groups excluding carboxylic acids is 2. The van der Waals surface area contributed by atoms with E-state index in [0.29, 0.717) is 38.7 Å². The van der Waals surface area contributed by atoms with E-state index in [0.717, 1.165) is 35.4 Å². The minimum absolute atomic E-state index is 0.0917. The molecule has 3 aliphatic rings. The van der Waals surface area contributed by atoms with Crippen LogP contribution in [0.3, 0.4) is 0 Å². The molecule has 0 aromatic heterocycles. The van der Waals surface area contributed by atoms with Gasteiger partial charge in [0.2, 0.25) is 0 Å². The fraction of sp³-hybridized carbons (Fsp3) is 0.387. The maximum Gasteiger partial charge on any atom is 0.335 e. The van der Waals surface area contributed by atoms with E-state index in [-0.39, 0.29) is 34.6 Å². The number of rotatable bonds is 5. The number of benzene rings is 2. The summed E-state index contributed by atoms with van der Waals surface area (Å²) < 4.78 is 7.43. The topological polar surface area (TPSA) is 92.7 Å². The standard InChI is InChI=1S/C31H31Br2NO5/c1-30(2)11-21-27(23(35)13-30)26(28-22(34-21)12-31(3,4)14-24(28)36)16-7-8-25(20(33)9-16)39-15-18-6-5-17(29(37)38)10-19(18)32/h5-10,26,34H,11-15H2,1-4H3,(H,37,38). The Morgan fingerprint density at radius 3 is 2.00 bits per heavy atom. The van der Waals surface area contributed by atoms with Crippen molar-refractivity contribution in [1.29, 1.82) is 0 Å². The molecule has 2 aromatic carbocycles. The highest BCUT2D eigenvalue weighted by Crippen LogP contribution is 2.51. The van der Waals surface area contributed by atoms with Crippen molar-refractivity contribution in [3.05, 3.63) is 84.6 Å². The monoisotopic (exact) mass is 655 g/mol. The van der Waals surface area contributed by atoms with Gasteiger partial charge in [0, 0.05) is 51.3 Å². The Balaban J connectivity index is 1.49. The van der Waals surface area contributed by atoms with Crippen LogP contribution in [0, 0.1) is 10.8 Å². The van der Waals surface area contributed by atoms with Crippen LogP contribution in [0.1, 0.15) is 80.8 Å². The van der Waals surface area contributed by atoms with Crippen molar-refractivity contribution in [3.63, 3.8) is 0 Å². The quantitative estimate of drug-likeness (QED) is 0.347. The number of carboxylic acids is 1. The highest BCUT2D eigenvalue weighted by Gasteiger charge is 2.46. The van der Waals surface area contributed by atoms with Gasteiger partial charge < -0.3 is 15.2 Å². The van der Waals surface area contributed by atoms with Crippen molar-refractivity contribution in [2.45, 2.75) is 65.9 Å². The molecule has 8 heteroatoms. The Hall–Kier alpha value is -2.71. The molecule has 5 rings (SSSR count). The number of ether oxygens (including phenoxy) is 1. The first-order valence-corrected chi connectivity index (χ1v) is 14.6. The van der Waals surface area contributed by atoms with Crippen LogP contribution in [0.15, 0.2) is 67.9 Å². The summed E-state index contributed by atoms with van der Waals surface area (Å²) in [6.45, 7) is 8.68. The number of carbonyl (C=O) groups is 3. The average Bonchev–Trinajstić information content (AvgIpc) is 2.80. The normalized spacial score (nSPS) is 20.4. The first kappa shape index (κ1) is 27.8. The predicted octanol–water partition coefficient (Wildman–Crippen LogP) is 7.46. The lowest BCUT2D eigenvalue weighted by atomic mass is 9.64. The molecule has 204 valence electrons. The van der Waals surface area contributed by atoms with Gasteiger partial charge in [0.05, 0.1) is 10.0 Å². The summed E-state index contributed by atoms with van der Waals surface area (Å²) in [5.74, 6) is -0.608. The molecule has 2 aromatic rings. The summed E-state index contributed by atoms with van der Waals surface area (Å²) in [5, 5.41) is 12.7. The molecular weight excluding hydrogens is 626 g/mol. The van der Waals surface area contributed by atoms with Gasteiger partial charge in [-0.15, -0.1) is 0 Å². The molecule has 39 heavy (non-hydrogen) atoms. The lowest BCUT2D eigenvalue weighted by Gasteiger charge is -2.44. The van der Waals surface area contributed by atoms with E-state index in [9.17, 15) is 19.5 Å². The van der Waals surface area contributed by atoms with Crippen LogP contribution in [-0.2, 0) is 16.2 Å². The smallest absolute Gasteiger partial charge is 0.335 e. The molecule has 0 fully saturated rings. The highest BCUT2D eigenvalue weighted by molar-refractivity contribution is 9.10. The second-order valence-corrected chi connectivity index (χ2v) is 14.0. The average molecular weight is 657 g/mol. The fourth-order valence-corrected chi connectivity index (χ4v) is 6.99. The second-order valence-electron chi connectivity index (χ2n) is 12.3. The van der Waals surface area contributed by atoms with Crippen molar-refractivity contribution >= 4 is 49.4 Å². The maximum absolute atomic E-state index is 13.5. The van der Waals surface area contributed by atoms with Gasteiger partial charge in [-0.2, -0.15) is 0 Å². The summed E-state index contributed by atoms with van der Waals surface area (Å²) in [5.41, 5.74) is 4.90. The Morgan fingerprint density at radius 2 is 1.49 bits per heavy atom. The van der Waals surface area contributed by atoms with Crippen LogP contribution < -0.4 is 10.1 Å². The summed E-state index contributed by atoms with van der Waals surface area (Å²) in [7, 11) is 0. The zero-order chi connectivity index (χ0) is 28.3. The maximum atomic E-state index is 13.5. The summed E-state index contributed by atoms with van der Waals surface area (Å²) in [6, 6.07) is 10.6. The molecule has 0 saturated heterocycles. The van der Waals surface area contributed by atoms with Gasteiger partial charge in [-0.1, -0.05) is 55.8 Å². The van der Waals surface area contributed by atoms with Crippen LogP contribution in [0.2, 0.25) is 0 Å². The number of carboxylic acid groups (broad SMARTS) is 1. The number of hydrogen-bond donors (Lipinski definition) is 2. The molecular formula is C31H31Br2NO5. The Bertz CT molecular complexity index is 1430. The van der Waals surface area contributed by atoms with Gasteiger partial charge in [-0.05, 0) is 69.4 Å². The molecule has 0 unspecified atom stereocenters. The molecule has 0 radical (unpaired) electrons. The van der Waals surface area contributed by atoms with E-state index in [1.807, 2.05) is 18.2 Å². The molecule has 0 spiro atoms. The summed E-state index contributed by atoms with van der Waals surface area (Å²) in [6.07, 6.45) is 2.41. The van der Waals surface area contributed by atoms with Crippen molar-refractivity contribution in [1.82, 2.24) is 5.32 Å². The van der Waals surface area contributed by atoms with Crippen molar-refractivity contribution in [3.8, 4) is 5.75 Å². The zero-order valence-electron chi connectivity index (χ0n) is 22.4. The van der Waals surface area contributed by atoms with Crippen molar-refractivity contribution in [2.75, 3.05) is 0 Å². The van der Waals surface area contributed by atoms with Crippen LogP contribution in [0.4, 0.5) is 0 Å². The Kier molecular flexibility index (Phi) is 7.17. The molecule has 2 aliphatic carbocycles. The Morgan fingerprint density at radius 1 is 0.897 bits per heavy atom. The van der Waals surface area contributed by atoms with Crippen LogP contribution in [-0.4, -0.2) is 22.6 Å². The van der Waals surface area contributed by atoms with Crippen LogP contribution in [0.5, 0.6) is 5.75 Å². The zero-order valence-corrected chi connectivity index (χ0v) is 25.6. The molecule has 1 aliphatic heterocycles. The molecule has 6 nitrogen and oxygen atoms in total. The van der Waals surface area contributed by atoms with Gasteiger partial charge in [0.1, 0.15) is 12.4 Å². The SMILES string of the molecule is CC1(C)CC(=O)C2=C(C1)NC1=C(C(=O)CC(C)(C)C1)C2c1ccc(OCc2ccc(C(=O)O)cc2Br)c(Br)c1. The van der Waals surface area contributed by atoms with Gasteiger partial charge >= 0.3 is 5.97 Å². The third-order valence-corrected chi connectivity index (χ3v) is 9.05. The van der Waals surface area contributed by atoms with Crippen LogP contribution in [0.25, 0.3) is 0 Å². The van der Waals surface area contributed by atoms with E-state index in [1.54, 1.807) is 18.2 Å². The summed E-state index contributed by atoms with van der Waals surface area (Å²) in [4.78, 5) is 38.3. The van der Waals surface area contributed by atoms with Crippen LogP contribution >= 0.6 is 31.9 Å². The van der Waals surface area contributed by atoms with E-state index >= 15 is 0 Å². The lowest BCUT2D eigenvalue weighted by molar-refractivity contribution is -0.119. The van der Waals surface area contributed by atoms with E-state index in [1.165, 1.54) is 0 Å². The third kappa shape index (κ3) is 5.50. The number of hydrogen-bond acceptors (Lipinski definition) is 5. The lowest BCUT2D eigenvalue weighted by Crippen LogP contribution is -2.42. The summed E-state index contributed by atoms with van der Waals surface area (Å²) >= 11 is 7.08. The first-order chi connectivity index (χ1) is 18.2. The van der Waals surface area contributed by atoms with E-state index < -0.39 is 11.9 Å².